The summed E-state index contributed by atoms with van der Waals surface area (Å²) in [5.74, 6) is 0.724. The molecule has 2 heterocycles. The van der Waals surface area contributed by atoms with Gasteiger partial charge in [0.05, 0.1) is 0 Å². The number of rotatable bonds is 5. The van der Waals surface area contributed by atoms with Crippen molar-refractivity contribution in [1.82, 2.24) is 9.38 Å². The Labute approximate surface area is 107 Å². The lowest BCUT2D eigenvalue weighted by atomic mass is 10.3. The van der Waals surface area contributed by atoms with Gasteiger partial charge in [0.1, 0.15) is 11.3 Å². The molecule has 0 saturated carbocycles. The van der Waals surface area contributed by atoms with Gasteiger partial charge in [-0.3, -0.25) is 9.20 Å². The molecule has 0 aliphatic rings. The molecule has 0 radical (unpaired) electrons. The minimum atomic E-state index is 0.591. The van der Waals surface area contributed by atoms with Crippen molar-refractivity contribution in [2.45, 2.75) is 13.8 Å². The fraction of sp³-hybridized carbons (Fsp3) is 0.286. The number of pyridine rings is 1. The van der Waals surface area contributed by atoms with Crippen LogP contribution < -0.4 is 4.90 Å². The standard InChI is InChI=1S/C14H17N3O/c1-4-16(9-11(2)3)14-12(10-18)17-8-6-5-7-13(17)15-14/h5-8,10H,2,4,9H2,1,3H3. The fourth-order valence-electron chi connectivity index (χ4n) is 2.01. The Morgan fingerprint density at radius 3 is 2.94 bits per heavy atom. The van der Waals surface area contributed by atoms with Crippen LogP contribution in [-0.4, -0.2) is 28.8 Å². The second-order valence-corrected chi connectivity index (χ2v) is 4.34. The highest BCUT2D eigenvalue weighted by Gasteiger charge is 2.16. The molecule has 2 aromatic heterocycles. The first kappa shape index (κ1) is 12.4. The molecule has 4 heteroatoms. The third kappa shape index (κ3) is 2.14. The number of nitrogens with zero attached hydrogens (tertiary/aromatic N) is 3. The van der Waals surface area contributed by atoms with E-state index in [4.69, 9.17) is 0 Å². The first-order valence-corrected chi connectivity index (χ1v) is 5.99. The first-order chi connectivity index (χ1) is 8.67. The van der Waals surface area contributed by atoms with Crippen molar-refractivity contribution in [3.63, 3.8) is 0 Å². The maximum Gasteiger partial charge on any atom is 0.170 e. The zero-order chi connectivity index (χ0) is 13.1. The summed E-state index contributed by atoms with van der Waals surface area (Å²) < 4.78 is 1.81. The minimum absolute atomic E-state index is 0.591. The van der Waals surface area contributed by atoms with Crippen LogP contribution in [0.1, 0.15) is 24.3 Å². The molecule has 0 atom stereocenters. The normalized spacial score (nSPS) is 10.6. The number of carbonyl (C=O) groups excluding carboxylic acids is 1. The van der Waals surface area contributed by atoms with Crippen LogP contribution in [0, 0.1) is 0 Å². The van der Waals surface area contributed by atoms with Crippen molar-refractivity contribution >= 4 is 17.8 Å². The van der Waals surface area contributed by atoms with Gasteiger partial charge in [-0.1, -0.05) is 18.2 Å². The molecule has 0 saturated heterocycles. The molecule has 0 fully saturated rings. The Hall–Kier alpha value is -2.10. The zero-order valence-electron chi connectivity index (χ0n) is 10.8. The van der Waals surface area contributed by atoms with Crippen molar-refractivity contribution in [3.05, 3.63) is 42.2 Å². The summed E-state index contributed by atoms with van der Waals surface area (Å²) in [7, 11) is 0. The molecule has 2 aromatic rings. The molecular formula is C14H17N3O. The van der Waals surface area contributed by atoms with Crippen molar-refractivity contribution in [3.8, 4) is 0 Å². The largest absolute Gasteiger partial charge is 0.351 e. The SMILES string of the molecule is C=C(C)CN(CC)c1nc2ccccn2c1C=O. The van der Waals surface area contributed by atoms with E-state index in [0.717, 1.165) is 29.9 Å². The third-order valence-electron chi connectivity index (χ3n) is 2.80. The van der Waals surface area contributed by atoms with E-state index in [1.165, 1.54) is 0 Å². The lowest BCUT2D eigenvalue weighted by molar-refractivity contribution is 0.111. The Kier molecular flexibility index (Phi) is 3.46. The summed E-state index contributed by atoms with van der Waals surface area (Å²) in [4.78, 5) is 17.9. The van der Waals surface area contributed by atoms with Crippen LogP contribution in [0.2, 0.25) is 0 Å². The average Bonchev–Trinajstić information content (AvgIpc) is 2.73. The maximum atomic E-state index is 11.3. The Balaban J connectivity index is 2.54. The van der Waals surface area contributed by atoms with Gasteiger partial charge in [0.25, 0.3) is 0 Å². The van der Waals surface area contributed by atoms with Crippen molar-refractivity contribution < 1.29 is 4.79 Å². The second kappa shape index (κ2) is 5.04. The fourth-order valence-corrected chi connectivity index (χ4v) is 2.01. The van der Waals surface area contributed by atoms with E-state index in [1.54, 1.807) is 0 Å². The summed E-state index contributed by atoms with van der Waals surface area (Å²) in [6.45, 7) is 9.43. The number of carbonyl (C=O) groups is 1. The van der Waals surface area contributed by atoms with Crippen molar-refractivity contribution in [2.75, 3.05) is 18.0 Å². The van der Waals surface area contributed by atoms with Gasteiger partial charge in [-0.25, -0.2) is 4.98 Å². The second-order valence-electron chi connectivity index (χ2n) is 4.34. The predicted molar refractivity (Wildman–Crippen MR) is 73.3 cm³/mol. The molecule has 0 bridgehead atoms. The quantitative estimate of drug-likeness (QED) is 0.598. The molecule has 0 spiro atoms. The van der Waals surface area contributed by atoms with Crippen LogP contribution in [0.4, 0.5) is 5.82 Å². The van der Waals surface area contributed by atoms with Crippen LogP contribution >= 0.6 is 0 Å². The molecule has 18 heavy (non-hydrogen) atoms. The first-order valence-electron chi connectivity index (χ1n) is 5.99. The zero-order valence-corrected chi connectivity index (χ0v) is 10.8. The summed E-state index contributed by atoms with van der Waals surface area (Å²) in [5, 5.41) is 0. The lowest BCUT2D eigenvalue weighted by Gasteiger charge is -2.20. The monoisotopic (exact) mass is 243 g/mol. The van der Waals surface area contributed by atoms with Gasteiger partial charge in [0.2, 0.25) is 0 Å². The molecular weight excluding hydrogens is 226 g/mol. The number of hydrogen-bond donors (Lipinski definition) is 0. The van der Waals surface area contributed by atoms with Gasteiger partial charge in [-0.05, 0) is 26.0 Å². The van der Waals surface area contributed by atoms with E-state index in [1.807, 2.05) is 42.6 Å². The highest BCUT2D eigenvalue weighted by Crippen LogP contribution is 2.20. The van der Waals surface area contributed by atoms with Crippen LogP contribution in [0.5, 0.6) is 0 Å². The molecule has 0 aliphatic carbocycles. The molecule has 0 aliphatic heterocycles. The highest BCUT2D eigenvalue weighted by atomic mass is 16.1. The number of imidazole rings is 1. The highest BCUT2D eigenvalue weighted by molar-refractivity contribution is 5.83. The average molecular weight is 243 g/mol. The van der Waals surface area contributed by atoms with Crippen LogP contribution in [0.25, 0.3) is 5.65 Å². The van der Waals surface area contributed by atoms with Gasteiger partial charge in [-0.2, -0.15) is 0 Å². The van der Waals surface area contributed by atoms with Gasteiger partial charge in [-0.15, -0.1) is 0 Å². The number of aromatic nitrogens is 2. The number of fused-ring (bicyclic) bond motifs is 1. The summed E-state index contributed by atoms with van der Waals surface area (Å²) in [6, 6.07) is 5.70. The van der Waals surface area contributed by atoms with Crippen LogP contribution in [0.15, 0.2) is 36.5 Å². The van der Waals surface area contributed by atoms with Crippen LogP contribution in [0.3, 0.4) is 0 Å². The van der Waals surface area contributed by atoms with E-state index in [2.05, 4.69) is 16.5 Å². The predicted octanol–water partition coefficient (Wildman–Crippen LogP) is 2.55. The molecule has 4 nitrogen and oxygen atoms in total. The van der Waals surface area contributed by atoms with E-state index in [-0.39, 0.29) is 0 Å². The number of anilines is 1. The molecule has 0 amide bonds. The molecule has 2 rings (SSSR count). The van der Waals surface area contributed by atoms with E-state index < -0.39 is 0 Å². The maximum absolute atomic E-state index is 11.3. The molecule has 0 aromatic carbocycles. The van der Waals surface area contributed by atoms with Crippen molar-refractivity contribution in [1.29, 1.82) is 0 Å². The number of likely N-dealkylation sites (N-methyl/N-ethyl adjacent to an activating group) is 1. The molecule has 0 N–H and O–H groups in total. The minimum Gasteiger partial charge on any atom is -0.351 e. The third-order valence-corrected chi connectivity index (χ3v) is 2.80. The van der Waals surface area contributed by atoms with Crippen LogP contribution in [-0.2, 0) is 0 Å². The molecule has 0 unspecified atom stereocenters. The summed E-state index contributed by atoms with van der Waals surface area (Å²) >= 11 is 0. The summed E-state index contributed by atoms with van der Waals surface area (Å²) in [5.41, 5.74) is 2.43. The van der Waals surface area contributed by atoms with Gasteiger partial charge < -0.3 is 4.90 Å². The van der Waals surface area contributed by atoms with E-state index >= 15 is 0 Å². The molecule has 94 valence electrons. The lowest BCUT2D eigenvalue weighted by Crippen LogP contribution is -2.25. The Morgan fingerprint density at radius 1 is 1.56 bits per heavy atom. The van der Waals surface area contributed by atoms with Crippen molar-refractivity contribution in [2.24, 2.45) is 0 Å². The number of aldehydes is 1. The number of hydrogen-bond acceptors (Lipinski definition) is 3. The topological polar surface area (TPSA) is 37.6 Å². The van der Waals surface area contributed by atoms with Gasteiger partial charge >= 0.3 is 0 Å². The smallest absolute Gasteiger partial charge is 0.170 e. The Morgan fingerprint density at radius 2 is 2.33 bits per heavy atom. The van der Waals surface area contributed by atoms with Gasteiger partial charge in [0, 0.05) is 19.3 Å². The van der Waals surface area contributed by atoms with Gasteiger partial charge in [0.15, 0.2) is 12.1 Å². The summed E-state index contributed by atoms with van der Waals surface area (Å²) in [6.07, 6.45) is 2.71. The van der Waals surface area contributed by atoms with E-state index in [9.17, 15) is 4.79 Å². The van der Waals surface area contributed by atoms with E-state index in [0.29, 0.717) is 12.2 Å². The Bertz CT molecular complexity index is 586.